The Kier molecular flexibility index (Phi) is 4.06. The normalized spacial score (nSPS) is 21.0. The molecule has 1 heterocycles. The highest BCUT2D eigenvalue weighted by atomic mass is 15.1. The van der Waals surface area contributed by atoms with Crippen LogP contribution < -0.4 is 0 Å². The monoisotopic (exact) mass is 251 g/mol. The summed E-state index contributed by atoms with van der Waals surface area (Å²) >= 11 is 0. The van der Waals surface area contributed by atoms with Crippen molar-refractivity contribution in [2.45, 2.75) is 27.2 Å². The van der Waals surface area contributed by atoms with Gasteiger partial charge in [0.05, 0.1) is 0 Å². The minimum atomic E-state index is 0.943. The van der Waals surface area contributed by atoms with Crippen LogP contribution in [-0.4, -0.2) is 4.90 Å². The van der Waals surface area contributed by atoms with E-state index < -0.39 is 0 Å². The fourth-order valence-corrected chi connectivity index (χ4v) is 2.22. The Morgan fingerprint density at radius 1 is 1.21 bits per heavy atom. The molecule has 2 rings (SSSR count). The van der Waals surface area contributed by atoms with Gasteiger partial charge in [-0.15, -0.1) is 0 Å². The molecule has 19 heavy (non-hydrogen) atoms. The zero-order valence-corrected chi connectivity index (χ0v) is 12.0. The van der Waals surface area contributed by atoms with Gasteiger partial charge in [-0.2, -0.15) is 0 Å². The summed E-state index contributed by atoms with van der Waals surface area (Å²) < 4.78 is 0. The molecule has 1 aliphatic heterocycles. The first kappa shape index (κ1) is 13.4. The SMILES string of the molecule is C=C(C)N1/C=C\C=C(\c2cccc(C)c2C)C/C=C\1. The van der Waals surface area contributed by atoms with E-state index in [-0.39, 0.29) is 0 Å². The second-order valence-electron chi connectivity index (χ2n) is 5.01. The Morgan fingerprint density at radius 2 is 2.00 bits per heavy atom. The molecule has 98 valence electrons. The number of benzene rings is 1. The Hall–Kier alpha value is -2.02. The molecule has 0 aromatic heterocycles. The largest absolute Gasteiger partial charge is 0.329 e. The molecule has 0 atom stereocenters. The molecule has 0 amide bonds. The summed E-state index contributed by atoms with van der Waals surface area (Å²) in [5.41, 5.74) is 6.44. The van der Waals surface area contributed by atoms with Gasteiger partial charge in [0.15, 0.2) is 0 Å². The summed E-state index contributed by atoms with van der Waals surface area (Å²) in [6, 6.07) is 6.50. The third kappa shape index (κ3) is 3.05. The van der Waals surface area contributed by atoms with Crippen LogP contribution in [0.4, 0.5) is 0 Å². The fraction of sp³-hybridized carbons (Fsp3) is 0.222. The van der Waals surface area contributed by atoms with Gasteiger partial charge in [-0.3, -0.25) is 0 Å². The van der Waals surface area contributed by atoms with Crippen molar-refractivity contribution in [3.8, 4) is 0 Å². The lowest BCUT2D eigenvalue weighted by Crippen LogP contribution is -2.05. The van der Waals surface area contributed by atoms with Gasteiger partial charge in [0.25, 0.3) is 0 Å². The predicted molar refractivity (Wildman–Crippen MR) is 83.4 cm³/mol. The Bertz CT molecular complexity index is 573. The van der Waals surface area contributed by atoms with Crippen LogP contribution in [0.5, 0.6) is 0 Å². The van der Waals surface area contributed by atoms with Crippen molar-refractivity contribution in [2.24, 2.45) is 0 Å². The first-order valence-electron chi connectivity index (χ1n) is 6.64. The highest BCUT2D eigenvalue weighted by Gasteiger charge is 2.06. The molecule has 0 fully saturated rings. The van der Waals surface area contributed by atoms with Gasteiger partial charge in [0.1, 0.15) is 0 Å². The highest BCUT2D eigenvalue weighted by molar-refractivity contribution is 5.71. The first-order valence-corrected chi connectivity index (χ1v) is 6.64. The van der Waals surface area contributed by atoms with E-state index in [1.165, 1.54) is 22.3 Å². The zero-order valence-electron chi connectivity index (χ0n) is 12.0. The quantitative estimate of drug-likeness (QED) is 0.718. The number of hydrogen-bond acceptors (Lipinski definition) is 1. The minimum absolute atomic E-state index is 0.943. The van der Waals surface area contributed by atoms with Crippen molar-refractivity contribution < 1.29 is 0 Å². The third-order valence-corrected chi connectivity index (χ3v) is 3.54. The second-order valence-corrected chi connectivity index (χ2v) is 5.01. The molecule has 1 aromatic rings. The van der Waals surface area contributed by atoms with E-state index >= 15 is 0 Å². The average Bonchev–Trinajstić information content (AvgIpc) is 2.33. The molecule has 1 heteroatoms. The summed E-state index contributed by atoms with van der Waals surface area (Å²) in [7, 11) is 0. The summed E-state index contributed by atoms with van der Waals surface area (Å²) in [5, 5.41) is 0. The maximum atomic E-state index is 3.96. The molecular formula is C18H21N. The summed E-state index contributed by atoms with van der Waals surface area (Å²) in [6.45, 7) is 10.3. The second kappa shape index (κ2) is 5.75. The molecular weight excluding hydrogens is 230 g/mol. The molecule has 0 unspecified atom stereocenters. The smallest absolute Gasteiger partial charge is 0.0117 e. The predicted octanol–water partition coefficient (Wildman–Crippen LogP) is 4.95. The van der Waals surface area contributed by atoms with E-state index in [0.29, 0.717) is 0 Å². The van der Waals surface area contributed by atoms with Gasteiger partial charge >= 0.3 is 0 Å². The van der Waals surface area contributed by atoms with Gasteiger partial charge in [0, 0.05) is 18.1 Å². The third-order valence-electron chi connectivity index (χ3n) is 3.54. The number of hydrogen-bond donors (Lipinski definition) is 0. The number of aryl methyl sites for hydroxylation is 1. The molecule has 0 saturated heterocycles. The Labute approximate surface area is 116 Å². The highest BCUT2D eigenvalue weighted by Crippen LogP contribution is 2.25. The number of allylic oxidation sites excluding steroid dienone is 5. The molecule has 0 radical (unpaired) electrons. The van der Waals surface area contributed by atoms with E-state index in [0.717, 1.165) is 12.1 Å². The molecule has 1 aliphatic rings. The maximum Gasteiger partial charge on any atom is 0.0117 e. The lowest BCUT2D eigenvalue weighted by atomic mass is 9.94. The van der Waals surface area contributed by atoms with Gasteiger partial charge in [-0.1, -0.05) is 36.9 Å². The Morgan fingerprint density at radius 3 is 2.74 bits per heavy atom. The van der Waals surface area contributed by atoms with Crippen LogP contribution in [0.3, 0.4) is 0 Å². The molecule has 0 saturated carbocycles. The lowest BCUT2D eigenvalue weighted by molar-refractivity contribution is 0.631. The fourth-order valence-electron chi connectivity index (χ4n) is 2.22. The summed E-state index contributed by atoms with van der Waals surface area (Å²) in [5.74, 6) is 0. The van der Waals surface area contributed by atoms with E-state index in [9.17, 15) is 0 Å². The standard InChI is InChI=1S/C18H21N/c1-14(2)19-12-6-9-17(10-7-13-19)18-11-5-8-15(3)16(18)4/h5-9,11-13H,1,10H2,2-4H3/b12-6-,13-7-,17-9+. The van der Waals surface area contributed by atoms with Crippen LogP contribution in [0.15, 0.2) is 61.1 Å². The minimum Gasteiger partial charge on any atom is -0.329 e. The van der Waals surface area contributed by atoms with Gasteiger partial charge < -0.3 is 4.90 Å². The van der Waals surface area contributed by atoms with Crippen LogP contribution in [0.25, 0.3) is 5.57 Å². The summed E-state index contributed by atoms with van der Waals surface area (Å²) in [4.78, 5) is 2.04. The van der Waals surface area contributed by atoms with Crippen LogP contribution in [0, 0.1) is 13.8 Å². The van der Waals surface area contributed by atoms with E-state index in [4.69, 9.17) is 0 Å². The molecule has 1 nitrogen and oxygen atoms in total. The van der Waals surface area contributed by atoms with Gasteiger partial charge in [-0.05, 0) is 55.5 Å². The van der Waals surface area contributed by atoms with Crippen molar-refractivity contribution in [2.75, 3.05) is 0 Å². The first-order chi connectivity index (χ1) is 9.09. The van der Waals surface area contributed by atoms with Crippen LogP contribution >= 0.6 is 0 Å². The van der Waals surface area contributed by atoms with E-state index in [2.05, 4.69) is 63.1 Å². The van der Waals surface area contributed by atoms with Crippen molar-refractivity contribution >= 4 is 5.57 Å². The molecule has 1 aromatic carbocycles. The number of rotatable bonds is 2. The van der Waals surface area contributed by atoms with Crippen molar-refractivity contribution in [1.29, 1.82) is 0 Å². The number of nitrogens with zero attached hydrogens (tertiary/aromatic N) is 1. The van der Waals surface area contributed by atoms with Crippen molar-refractivity contribution in [3.05, 3.63) is 77.8 Å². The lowest BCUT2D eigenvalue weighted by Gasteiger charge is -2.17. The van der Waals surface area contributed by atoms with Crippen molar-refractivity contribution in [1.82, 2.24) is 4.90 Å². The molecule has 0 bridgehead atoms. The van der Waals surface area contributed by atoms with Crippen LogP contribution in [0.1, 0.15) is 30.0 Å². The molecule has 0 aliphatic carbocycles. The van der Waals surface area contributed by atoms with E-state index in [1.54, 1.807) is 0 Å². The van der Waals surface area contributed by atoms with E-state index in [1.807, 2.05) is 18.0 Å². The molecule has 0 N–H and O–H groups in total. The topological polar surface area (TPSA) is 3.24 Å². The zero-order chi connectivity index (χ0) is 13.8. The molecule has 0 spiro atoms. The van der Waals surface area contributed by atoms with Crippen molar-refractivity contribution in [3.63, 3.8) is 0 Å². The maximum absolute atomic E-state index is 3.96. The van der Waals surface area contributed by atoms with Crippen LogP contribution in [-0.2, 0) is 0 Å². The Balaban J connectivity index is 2.35. The summed E-state index contributed by atoms with van der Waals surface area (Å²) in [6.07, 6.45) is 11.5. The van der Waals surface area contributed by atoms with Gasteiger partial charge in [-0.25, -0.2) is 0 Å². The average molecular weight is 251 g/mol. The van der Waals surface area contributed by atoms with Gasteiger partial charge in [0.2, 0.25) is 0 Å². The van der Waals surface area contributed by atoms with Crippen LogP contribution in [0.2, 0.25) is 0 Å².